The van der Waals surface area contributed by atoms with Crippen LogP contribution in [0.25, 0.3) is 0 Å². The van der Waals surface area contributed by atoms with Gasteiger partial charge in [-0.25, -0.2) is 13.6 Å². The van der Waals surface area contributed by atoms with Gasteiger partial charge in [-0.3, -0.25) is 0 Å². The first-order valence-corrected chi connectivity index (χ1v) is 5.38. The molecule has 0 fully saturated rings. The van der Waals surface area contributed by atoms with Crippen molar-refractivity contribution in [2.45, 2.75) is 13.5 Å². The molecule has 19 heavy (non-hydrogen) atoms. The maximum atomic E-state index is 13.3. The van der Waals surface area contributed by atoms with Gasteiger partial charge in [-0.15, -0.1) is 0 Å². The Bertz CT molecular complexity index is 619. The predicted molar refractivity (Wildman–Crippen MR) is 61.1 cm³/mol. The number of carboxylic acid groups (broad SMARTS) is 1. The van der Waals surface area contributed by atoms with Gasteiger partial charge in [0, 0.05) is 11.6 Å². The summed E-state index contributed by atoms with van der Waals surface area (Å²) < 4.78 is 36.3. The van der Waals surface area contributed by atoms with E-state index in [1.54, 1.807) is 6.92 Å². The molecule has 1 heterocycles. The second-order valence-corrected chi connectivity index (χ2v) is 3.86. The third-order valence-electron chi connectivity index (χ3n) is 2.51. The molecule has 6 heteroatoms. The lowest BCUT2D eigenvalue weighted by Crippen LogP contribution is -1.98. The van der Waals surface area contributed by atoms with Crippen molar-refractivity contribution in [3.8, 4) is 5.75 Å². The van der Waals surface area contributed by atoms with Crippen LogP contribution in [0.1, 0.15) is 21.9 Å². The molecule has 1 aromatic heterocycles. The van der Waals surface area contributed by atoms with Gasteiger partial charge in [0.05, 0.1) is 0 Å². The highest BCUT2D eigenvalue weighted by atomic mass is 19.1. The third kappa shape index (κ3) is 2.90. The van der Waals surface area contributed by atoms with Crippen LogP contribution in [0.5, 0.6) is 5.75 Å². The Morgan fingerprint density at radius 3 is 2.74 bits per heavy atom. The summed E-state index contributed by atoms with van der Waals surface area (Å²) in [7, 11) is 0. The van der Waals surface area contributed by atoms with E-state index < -0.39 is 17.6 Å². The van der Waals surface area contributed by atoms with Crippen molar-refractivity contribution in [3.63, 3.8) is 0 Å². The molecule has 0 radical (unpaired) electrons. The fourth-order valence-corrected chi connectivity index (χ4v) is 1.51. The zero-order valence-electron chi connectivity index (χ0n) is 9.94. The molecule has 0 aliphatic heterocycles. The van der Waals surface area contributed by atoms with Crippen LogP contribution in [0.3, 0.4) is 0 Å². The zero-order valence-corrected chi connectivity index (χ0v) is 9.94. The van der Waals surface area contributed by atoms with Gasteiger partial charge in [-0.05, 0) is 25.1 Å². The van der Waals surface area contributed by atoms with Gasteiger partial charge < -0.3 is 14.3 Å². The Morgan fingerprint density at radius 1 is 1.37 bits per heavy atom. The molecule has 2 rings (SSSR count). The number of halogens is 2. The van der Waals surface area contributed by atoms with Gasteiger partial charge in [-0.2, -0.15) is 0 Å². The third-order valence-corrected chi connectivity index (χ3v) is 2.51. The zero-order chi connectivity index (χ0) is 14.0. The quantitative estimate of drug-likeness (QED) is 0.925. The van der Waals surface area contributed by atoms with Crippen LogP contribution in [-0.4, -0.2) is 11.1 Å². The lowest BCUT2D eigenvalue weighted by molar-refractivity contribution is 0.0661. The molecule has 0 unspecified atom stereocenters. The van der Waals surface area contributed by atoms with Gasteiger partial charge in [0.2, 0.25) is 5.76 Å². The predicted octanol–water partition coefficient (Wildman–Crippen LogP) is 3.14. The Kier molecular flexibility index (Phi) is 3.50. The van der Waals surface area contributed by atoms with E-state index in [0.29, 0.717) is 11.3 Å². The van der Waals surface area contributed by atoms with Crippen LogP contribution >= 0.6 is 0 Å². The molecule has 0 saturated carbocycles. The summed E-state index contributed by atoms with van der Waals surface area (Å²) in [4.78, 5) is 10.7. The average molecular weight is 268 g/mol. The standard InChI is InChI=1S/C13H10F2O4/c1-7-8(4-12(19-7)13(16)17)6-18-11-5-9(14)2-3-10(11)15/h2-5H,6H2,1H3,(H,16,17). The van der Waals surface area contributed by atoms with E-state index in [1.807, 2.05) is 0 Å². The lowest BCUT2D eigenvalue weighted by atomic mass is 10.2. The number of rotatable bonds is 4. The molecule has 0 amide bonds. The molecule has 4 nitrogen and oxygen atoms in total. The molecular formula is C13H10F2O4. The molecule has 100 valence electrons. The highest BCUT2D eigenvalue weighted by Gasteiger charge is 2.14. The molecule has 0 aliphatic carbocycles. The van der Waals surface area contributed by atoms with E-state index >= 15 is 0 Å². The first kappa shape index (κ1) is 13.1. The van der Waals surface area contributed by atoms with Gasteiger partial charge >= 0.3 is 5.97 Å². The first-order chi connectivity index (χ1) is 8.97. The second-order valence-electron chi connectivity index (χ2n) is 3.86. The summed E-state index contributed by atoms with van der Waals surface area (Å²) in [6.45, 7) is 1.45. The van der Waals surface area contributed by atoms with E-state index in [0.717, 1.165) is 18.2 Å². The van der Waals surface area contributed by atoms with Crippen LogP contribution in [0, 0.1) is 18.6 Å². The number of benzene rings is 1. The summed E-state index contributed by atoms with van der Waals surface area (Å²) in [6.07, 6.45) is 0. The molecule has 0 spiro atoms. The van der Waals surface area contributed by atoms with E-state index in [9.17, 15) is 13.6 Å². The normalized spacial score (nSPS) is 10.5. The minimum atomic E-state index is -1.20. The number of carbonyl (C=O) groups is 1. The molecule has 1 N–H and O–H groups in total. The number of hydrogen-bond acceptors (Lipinski definition) is 3. The number of aryl methyl sites for hydroxylation is 1. The average Bonchev–Trinajstić information content (AvgIpc) is 2.72. The van der Waals surface area contributed by atoms with Crippen LogP contribution in [-0.2, 0) is 6.61 Å². The number of hydrogen-bond donors (Lipinski definition) is 1. The second kappa shape index (κ2) is 5.09. The summed E-state index contributed by atoms with van der Waals surface area (Å²) in [6, 6.07) is 4.14. The topological polar surface area (TPSA) is 59.7 Å². The van der Waals surface area contributed by atoms with Crippen molar-refractivity contribution in [3.05, 3.63) is 53.0 Å². The number of aromatic carboxylic acids is 1. The largest absolute Gasteiger partial charge is 0.486 e. The van der Waals surface area contributed by atoms with E-state index in [1.165, 1.54) is 6.07 Å². The SMILES string of the molecule is Cc1oc(C(=O)O)cc1COc1cc(F)ccc1F. The van der Waals surface area contributed by atoms with E-state index in [-0.39, 0.29) is 18.1 Å². The first-order valence-electron chi connectivity index (χ1n) is 5.38. The lowest BCUT2D eigenvalue weighted by Gasteiger charge is -2.06. The number of ether oxygens (including phenoxy) is 1. The van der Waals surface area contributed by atoms with Crippen molar-refractivity contribution >= 4 is 5.97 Å². The van der Waals surface area contributed by atoms with Crippen molar-refractivity contribution in [1.82, 2.24) is 0 Å². The van der Waals surface area contributed by atoms with Crippen LogP contribution in [0.15, 0.2) is 28.7 Å². The Morgan fingerprint density at radius 2 is 2.11 bits per heavy atom. The summed E-state index contributed by atoms with van der Waals surface area (Å²) >= 11 is 0. The van der Waals surface area contributed by atoms with Crippen LogP contribution < -0.4 is 4.74 Å². The summed E-state index contributed by atoms with van der Waals surface area (Å²) in [5.41, 5.74) is 0.459. The van der Waals surface area contributed by atoms with Gasteiger partial charge in [-0.1, -0.05) is 0 Å². The maximum absolute atomic E-state index is 13.3. The van der Waals surface area contributed by atoms with Crippen molar-refractivity contribution in [1.29, 1.82) is 0 Å². The van der Waals surface area contributed by atoms with Gasteiger partial charge in [0.25, 0.3) is 0 Å². The Balaban J connectivity index is 2.14. The molecule has 0 atom stereocenters. The fraction of sp³-hybridized carbons (Fsp3) is 0.154. The summed E-state index contributed by atoms with van der Waals surface area (Å²) in [5.74, 6) is -2.62. The highest BCUT2D eigenvalue weighted by Crippen LogP contribution is 2.21. The molecule has 1 aromatic carbocycles. The number of furan rings is 1. The smallest absolute Gasteiger partial charge is 0.371 e. The molecule has 2 aromatic rings. The maximum Gasteiger partial charge on any atom is 0.371 e. The van der Waals surface area contributed by atoms with E-state index in [2.05, 4.69) is 0 Å². The number of carboxylic acids is 1. The molecule has 0 bridgehead atoms. The van der Waals surface area contributed by atoms with Gasteiger partial charge in [0.15, 0.2) is 11.6 Å². The van der Waals surface area contributed by atoms with Crippen LogP contribution in [0.2, 0.25) is 0 Å². The minimum absolute atomic E-state index is 0.108. The van der Waals surface area contributed by atoms with Crippen molar-refractivity contribution in [2.24, 2.45) is 0 Å². The Labute approximate surface area is 107 Å². The van der Waals surface area contributed by atoms with E-state index in [4.69, 9.17) is 14.3 Å². The minimum Gasteiger partial charge on any atom is -0.486 e. The van der Waals surface area contributed by atoms with Gasteiger partial charge in [0.1, 0.15) is 18.2 Å². The van der Waals surface area contributed by atoms with Crippen LogP contribution in [0.4, 0.5) is 8.78 Å². The van der Waals surface area contributed by atoms with Crippen molar-refractivity contribution < 1.29 is 27.8 Å². The molecule has 0 saturated heterocycles. The summed E-state index contributed by atoms with van der Waals surface area (Å²) in [5, 5.41) is 8.74. The highest BCUT2D eigenvalue weighted by molar-refractivity contribution is 5.84. The fourth-order valence-electron chi connectivity index (χ4n) is 1.51. The molecular weight excluding hydrogens is 258 g/mol. The Hall–Kier alpha value is -2.37. The molecule has 0 aliphatic rings. The monoisotopic (exact) mass is 268 g/mol. The van der Waals surface area contributed by atoms with Crippen molar-refractivity contribution in [2.75, 3.05) is 0 Å².